The summed E-state index contributed by atoms with van der Waals surface area (Å²) in [6.07, 6.45) is 10.6. The van der Waals surface area contributed by atoms with E-state index in [0.717, 1.165) is 35.1 Å². The number of anilines is 1. The van der Waals surface area contributed by atoms with Gasteiger partial charge < -0.3 is 4.57 Å². The Balaban J connectivity index is 1.73. The lowest BCUT2D eigenvalue weighted by molar-refractivity contribution is 0.0720. The lowest BCUT2D eigenvalue weighted by atomic mass is 9.62. The van der Waals surface area contributed by atoms with Gasteiger partial charge in [-0.25, -0.2) is 0 Å². The van der Waals surface area contributed by atoms with Crippen molar-refractivity contribution in [3.63, 3.8) is 0 Å². The van der Waals surface area contributed by atoms with Gasteiger partial charge in [0, 0.05) is 11.2 Å². The maximum atomic E-state index is 2.97. The van der Waals surface area contributed by atoms with Crippen molar-refractivity contribution in [2.45, 2.75) is 111 Å². The van der Waals surface area contributed by atoms with E-state index in [9.17, 15) is 0 Å². The van der Waals surface area contributed by atoms with E-state index in [2.05, 4.69) is 77.4 Å². The Morgan fingerprint density at radius 1 is 0.867 bits per heavy atom. The first kappa shape index (κ1) is 22.4. The van der Waals surface area contributed by atoms with E-state index in [0.29, 0.717) is 0 Å². The van der Waals surface area contributed by atoms with Crippen LogP contribution in [0.5, 0.6) is 0 Å². The van der Waals surface area contributed by atoms with Gasteiger partial charge in [-0.1, -0.05) is 57.5 Å². The quantitative estimate of drug-likeness (QED) is 0.440. The van der Waals surface area contributed by atoms with E-state index in [1.165, 1.54) is 56.1 Å². The standard InChI is InChI=1S/C28H47NSi/c1-19-12-11-13-20(2)26(19)29(28(4,5)6)30(7,8)27-21(3)18-25-23-15-10-9-14-22(23)16-17-24(25)27/h11-13,21-25,27H,9-10,14-18H2,1-8H3. The van der Waals surface area contributed by atoms with E-state index in [1.54, 1.807) is 5.69 Å². The Hall–Kier alpha value is -0.763. The number of rotatable bonds is 3. The Labute approximate surface area is 188 Å². The fourth-order valence-corrected chi connectivity index (χ4v) is 14.9. The maximum Gasteiger partial charge on any atom is 0.154 e. The van der Waals surface area contributed by atoms with E-state index in [1.807, 2.05) is 0 Å². The Bertz CT molecular complexity index is 740. The van der Waals surface area contributed by atoms with Crippen LogP contribution in [0.15, 0.2) is 18.2 Å². The van der Waals surface area contributed by atoms with Gasteiger partial charge in [0.05, 0.1) is 0 Å². The highest BCUT2D eigenvalue weighted by Crippen LogP contribution is 2.62. The molecule has 30 heavy (non-hydrogen) atoms. The third-order valence-electron chi connectivity index (χ3n) is 9.38. The van der Waals surface area contributed by atoms with Crippen LogP contribution in [0.2, 0.25) is 18.6 Å². The topological polar surface area (TPSA) is 3.24 Å². The molecule has 0 saturated heterocycles. The summed E-state index contributed by atoms with van der Waals surface area (Å²) in [5, 5.41) is 0. The molecule has 6 unspecified atom stereocenters. The van der Waals surface area contributed by atoms with Crippen molar-refractivity contribution in [2.24, 2.45) is 29.6 Å². The average molecular weight is 426 g/mol. The average Bonchev–Trinajstić information content (AvgIpc) is 3.00. The molecule has 0 bridgehead atoms. The molecule has 168 valence electrons. The van der Waals surface area contributed by atoms with Gasteiger partial charge >= 0.3 is 0 Å². The highest BCUT2D eigenvalue weighted by atomic mass is 28.3. The van der Waals surface area contributed by atoms with Gasteiger partial charge in [-0.2, -0.15) is 0 Å². The zero-order chi connectivity index (χ0) is 21.8. The van der Waals surface area contributed by atoms with Crippen LogP contribution in [0.1, 0.15) is 83.8 Å². The summed E-state index contributed by atoms with van der Waals surface area (Å²) in [6.45, 7) is 20.1. The molecule has 2 heteroatoms. The molecule has 3 saturated carbocycles. The molecular weight excluding hydrogens is 378 g/mol. The second kappa shape index (κ2) is 7.98. The second-order valence-corrected chi connectivity index (χ2v) is 17.2. The van der Waals surface area contributed by atoms with Crippen LogP contribution in [0.4, 0.5) is 5.69 Å². The van der Waals surface area contributed by atoms with Gasteiger partial charge in [0.2, 0.25) is 0 Å². The van der Waals surface area contributed by atoms with Crippen LogP contribution in [0.3, 0.4) is 0 Å². The summed E-state index contributed by atoms with van der Waals surface area (Å²) >= 11 is 0. The minimum atomic E-state index is -1.73. The zero-order valence-corrected chi connectivity index (χ0v) is 22.1. The van der Waals surface area contributed by atoms with Crippen LogP contribution >= 0.6 is 0 Å². The molecule has 0 aromatic heterocycles. The van der Waals surface area contributed by atoms with Crippen molar-refractivity contribution in [2.75, 3.05) is 4.57 Å². The molecule has 0 aliphatic heterocycles. The van der Waals surface area contributed by atoms with Crippen molar-refractivity contribution in [3.05, 3.63) is 29.3 Å². The lowest BCUT2D eigenvalue weighted by Crippen LogP contribution is -2.62. The van der Waals surface area contributed by atoms with Crippen LogP contribution < -0.4 is 4.57 Å². The number of fused-ring (bicyclic) bond motifs is 3. The van der Waals surface area contributed by atoms with Gasteiger partial charge in [0.25, 0.3) is 0 Å². The van der Waals surface area contributed by atoms with Gasteiger partial charge in [-0.3, -0.25) is 0 Å². The number of hydrogen-bond donors (Lipinski definition) is 0. The molecule has 0 amide bonds. The molecule has 3 fully saturated rings. The van der Waals surface area contributed by atoms with Crippen molar-refractivity contribution in [1.29, 1.82) is 0 Å². The molecule has 1 aromatic rings. The fourth-order valence-electron chi connectivity index (χ4n) is 8.91. The molecule has 0 radical (unpaired) electrons. The highest BCUT2D eigenvalue weighted by Gasteiger charge is 2.57. The van der Waals surface area contributed by atoms with Gasteiger partial charge in [-0.15, -0.1) is 0 Å². The highest BCUT2D eigenvalue weighted by molar-refractivity contribution is 6.82. The minimum absolute atomic E-state index is 0.159. The maximum absolute atomic E-state index is 2.97. The van der Waals surface area contributed by atoms with Crippen molar-refractivity contribution in [3.8, 4) is 0 Å². The predicted molar refractivity (Wildman–Crippen MR) is 135 cm³/mol. The summed E-state index contributed by atoms with van der Waals surface area (Å²) < 4.78 is 2.97. The first-order valence-corrected chi connectivity index (χ1v) is 15.9. The van der Waals surface area contributed by atoms with Crippen molar-refractivity contribution >= 4 is 13.9 Å². The second-order valence-electron chi connectivity index (χ2n) is 12.8. The van der Waals surface area contributed by atoms with Crippen molar-refractivity contribution in [1.82, 2.24) is 0 Å². The van der Waals surface area contributed by atoms with E-state index >= 15 is 0 Å². The smallest absolute Gasteiger partial charge is 0.154 e. The fraction of sp³-hybridized carbons (Fsp3) is 0.786. The van der Waals surface area contributed by atoms with Crippen LogP contribution in [-0.2, 0) is 0 Å². The number of para-hydroxylation sites is 1. The Morgan fingerprint density at radius 2 is 1.50 bits per heavy atom. The first-order valence-electron chi connectivity index (χ1n) is 12.9. The van der Waals surface area contributed by atoms with Crippen molar-refractivity contribution < 1.29 is 0 Å². The Kier molecular flexibility index (Phi) is 5.97. The van der Waals surface area contributed by atoms with Gasteiger partial charge in [0.1, 0.15) is 0 Å². The summed E-state index contributed by atoms with van der Waals surface area (Å²) in [6, 6.07) is 6.90. The molecule has 1 nitrogen and oxygen atoms in total. The molecule has 6 atom stereocenters. The van der Waals surface area contributed by atoms with E-state index < -0.39 is 8.24 Å². The molecule has 4 rings (SSSR count). The van der Waals surface area contributed by atoms with Gasteiger partial charge in [-0.05, 0) is 107 Å². The van der Waals surface area contributed by atoms with Crippen LogP contribution in [0, 0.1) is 43.4 Å². The molecule has 3 aliphatic carbocycles. The molecule has 3 aliphatic rings. The minimum Gasteiger partial charge on any atom is -0.393 e. The monoisotopic (exact) mass is 425 g/mol. The van der Waals surface area contributed by atoms with E-state index in [4.69, 9.17) is 0 Å². The zero-order valence-electron chi connectivity index (χ0n) is 21.1. The molecule has 0 heterocycles. The SMILES string of the molecule is Cc1cccc(C)c1N(C(C)(C)C)[Si](C)(C)C1C(C)CC2C3CCCCC3CCC21. The Morgan fingerprint density at radius 3 is 2.13 bits per heavy atom. The molecule has 0 N–H and O–H groups in total. The predicted octanol–water partition coefficient (Wildman–Crippen LogP) is 8.36. The van der Waals surface area contributed by atoms with E-state index in [-0.39, 0.29) is 5.54 Å². The normalized spacial score (nSPS) is 34.4. The summed E-state index contributed by atoms with van der Waals surface area (Å²) in [7, 11) is -1.73. The molecule has 1 aromatic carbocycles. The summed E-state index contributed by atoms with van der Waals surface area (Å²) in [5.74, 6) is 5.01. The number of hydrogen-bond acceptors (Lipinski definition) is 1. The molecule has 0 spiro atoms. The number of aryl methyl sites for hydroxylation is 2. The summed E-state index contributed by atoms with van der Waals surface area (Å²) in [4.78, 5) is 0. The third-order valence-corrected chi connectivity index (χ3v) is 14.1. The first-order chi connectivity index (χ1) is 14.0. The number of nitrogens with zero attached hydrogens (tertiary/aromatic N) is 1. The molecular formula is C28H47NSi. The third kappa shape index (κ3) is 3.69. The largest absolute Gasteiger partial charge is 0.393 e. The van der Waals surface area contributed by atoms with Gasteiger partial charge in [0.15, 0.2) is 8.24 Å². The lowest BCUT2D eigenvalue weighted by Gasteiger charge is -2.55. The summed E-state index contributed by atoms with van der Waals surface area (Å²) in [5.41, 5.74) is 5.55. The van der Waals surface area contributed by atoms with Crippen LogP contribution in [-0.4, -0.2) is 13.8 Å². The van der Waals surface area contributed by atoms with Crippen LogP contribution in [0.25, 0.3) is 0 Å². The number of benzene rings is 1.